The average molecular weight is 171 g/mol. The maximum Gasteiger partial charge on any atom is 0.225 e. The number of hydrogen-bond donors (Lipinski definition) is 1. The summed E-state index contributed by atoms with van der Waals surface area (Å²) in [4.78, 5) is 13.1. The third-order valence-corrected chi connectivity index (χ3v) is 2.59. The fraction of sp³-hybridized carbons (Fsp3) is 0.889. The minimum Gasteiger partial charge on any atom is -0.396 e. The molecule has 0 heterocycles. The van der Waals surface area contributed by atoms with E-state index in [9.17, 15) is 4.79 Å². The molecule has 1 N–H and O–H groups in total. The number of carbonyl (C=O) groups excluding carboxylic acids is 1. The first-order chi connectivity index (χ1) is 5.65. The molecule has 0 aromatic heterocycles. The largest absolute Gasteiger partial charge is 0.396 e. The molecule has 0 saturated heterocycles. The number of amides is 1. The van der Waals surface area contributed by atoms with Crippen molar-refractivity contribution in [2.75, 3.05) is 20.7 Å². The molecule has 1 aliphatic carbocycles. The van der Waals surface area contributed by atoms with E-state index in [0.717, 1.165) is 19.3 Å². The summed E-state index contributed by atoms with van der Waals surface area (Å²) in [6, 6.07) is 0. The lowest BCUT2D eigenvalue weighted by atomic mass is 10.0. The Morgan fingerprint density at radius 3 is 2.58 bits per heavy atom. The summed E-state index contributed by atoms with van der Waals surface area (Å²) in [6.07, 6.45) is 2.82. The van der Waals surface area contributed by atoms with Gasteiger partial charge in [0, 0.05) is 26.6 Å². The minimum absolute atomic E-state index is 0.164. The molecule has 2 atom stereocenters. The normalized spacial score (nSPS) is 28.9. The third-order valence-electron chi connectivity index (χ3n) is 2.59. The van der Waals surface area contributed by atoms with Crippen LogP contribution >= 0.6 is 0 Å². The van der Waals surface area contributed by atoms with E-state index in [-0.39, 0.29) is 18.4 Å². The fourth-order valence-corrected chi connectivity index (χ4v) is 1.83. The summed E-state index contributed by atoms with van der Waals surface area (Å²) < 4.78 is 0. The summed E-state index contributed by atoms with van der Waals surface area (Å²) in [7, 11) is 3.57. The molecule has 0 aromatic rings. The molecule has 1 fully saturated rings. The zero-order valence-corrected chi connectivity index (χ0v) is 7.79. The Kier molecular flexibility index (Phi) is 3.09. The van der Waals surface area contributed by atoms with Crippen LogP contribution in [0.15, 0.2) is 0 Å². The molecule has 0 radical (unpaired) electrons. The molecule has 0 spiro atoms. The molecule has 3 nitrogen and oxygen atoms in total. The molecule has 1 rings (SSSR count). The van der Waals surface area contributed by atoms with E-state index in [0.29, 0.717) is 5.92 Å². The van der Waals surface area contributed by atoms with E-state index >= 15 is 0 Å². The Hall–Kier alpha value is -0.570. The molecule has 0 aliphatic heterocycles. The zero-order valence-electron chi connectivity index (χ0n) is 7.79. The summed E-state index contributed by atoms with van der Waals surface area (Å²) >= 11 is 0. The second-order valence-corrected chi connectivity index (χ2v) is 3.79. The number of rotatable bonds is 2. The molecular formula is C9H17NO2. The second kappa shape index (κ2) is 3.90. The smallest absolute Gasteiger partial charge is 0.225 e. The molecule has 1 saturated carbocycles. The lowest BCUT2D eigenvalue weighted by Gasteiger charge is -2.15. The standard InChI is InChI=1S/C9H17NO2/c1-10(2)9(12)8-4-3-7(5-8)6-11/h7-8,11H,3-6H2,1-2H3/t7-,8-/m1/s1. The summed E-state index contributed by atoms with van der Waals surface area (Å²) in [5, 5.41) is 8.88. The Bertz CT molecular complexity index is 168. The van der Waals surface area contributed by atoms with Gasteiger partial charge in [-0.15, -0.1) is 0 Å². The molecule has 0 aromatic carbocycles. The topological polar surface area (TPSA) is 40.5 Å². The summed E-state index contributed by atoms with van der Waals surface area (Å²) in [5.41, 5.74) is 0. The van der Waals surface area contributed by atoms with Gasteiger partial charge in [0.05, 0.1) is 0 Å². The van der Waals surface area contributed by atoms with Crippen LogP contribution in [0.1, 0.15) is 19.3 Å². The van der Waals surface area contributed by atoms with Gasteiger partial charge >= 0.3 is 0 Å². The van der Waals surface area contributed by atoms with Crippen molar-refractivity contribution in [3.8, 4) is 0 Å². The predicted octanol–water partition coefficient (Wildman–Crippen LogP) is 0.483. The molecule has 1 amide bonds. The highest BCUT2D eigenvalue weighted by Gasteiger charge is 2.29. The van der Waals surface area contributed by atoms with Crippen LogP contribution in [0.4, 0.5) is 0 Å². The van der Waals surface area contributed by atoms with Crippen molar-refractivity contribution in [1.29, 1.82) is 0 Å². The van der Waals surface area contributed by atoms with Gasteiger partial charge in [-0.05, 0) is 25.2 Å². The molecule has 12 heavy (non-hydrogen) atoms. The predicted molar refractivity (Wildman–Crippen MR) is 46.6 cm³/mol. The van der Waals surface area contributed by atoms with E-state index in [2.05, 4.69) is 0 Å². The first-order valence-electron chi connectivity index (χ1n) is 4.47. The Labute approximate surface area is 73.4 Å². The van der Waals surface area contributed by atoms with E-state index in [1.165, 1.54) is 0 Å². The molecule has 0 unspecified atom stereocenters. The van der Waals surface area contributed by atoms with Gasteiger partial charge in [-0.3, -0.25) is 4.79 Å². The molecule has 3 heteroatoms. The van der Waals surface area contributed by atoms with Crippen LogP contribution in [-0.4, -0.2) is 36.6 Å². The van der Waals surface area contributed by atoms with Crippen LogP contribution in [0.5, 0.6) is 0 Å². The van der Waals surface area contributed by atoms with Crippen LogP contribution < -0.4 is 0 Å². The molecule has 0 bridgehead atoms. The second-order valence-electron chi connectivity index (χ2n) is 3.79. The van der Waals surface area contributed by atoms with Crippen LogP contribution in [0.2, 0.25) is 0 Å². The SMILES string of the molecule is CN(C)C(=O)[C@@H]1CC[C@@H](CO)C1. The summed E-state index contributed by atoms with van der Waals surface area (Å²) in [6.45, 7) is 0.233. The molecule has 1 aliphatic rings. The first kappa shape index (κ1) is 9.52. The van der Waals surface area contributed by atoms with Crippen LogP contribution in [0.3, 0.4) is 0 Å². The number of hydrogen-bond acceptors (Lipinski definition) is 2. The first-order valence-corrected chi connectivity index (χ1v) is 4.47. The van der Waals surface area contributed by atoms with E-state index < -0.39 is 0 Å². The quantitative estimate of drug-likeness (QED) is 0.656. The van der Waals surface area contributed by atoms with E-state index in [4.69, 9.17) is 5.11 Å². The zero-order chi connectivity index (χ0) is 9.14. The van der Waals surface area contributed by atoms with Crippen LogP contribution in [0, 0.1) is 11.8 Å². The monoisotopic (exact) mass is 171 g/mol. The van der Waals surface area contributed by atoms with Gasteiger partial charge in [-0.2, -0.15) is 0 Å². The van der Waals surface area contributed by atoms with Crippen molar-refractivity contribution in [3.05, 3.63) is 0 Å². The molecular weight excluding hydrogens is 154 g/mol. The lowest BCUT2D eigenvalue weighted by Crippen LogP contribution is -2.28. The van der Waals surface area contributed by atoms with Gasteiger partial charge in [-0.1, -0.05) is 0 Å². The van der Waals surface area contributed by atoms with Gasteiger partial charge in [0.1, 0.15) is 0 Å². The Balaban J connectivity index is 2.41. The van der Waals surface area contributed by atoms with Gasteiger partial charge in [0.25, 0.3) is 0 Å². The molecule has 70 valence electrons. The van der Waals surface area contributed by atoms with E-state index in [1.807, 2.05) is 0 Å². The highest BCUT2D eigenvalue weighted by atomic mass is 16.3. The van der Waals surface area contributed by atoms with Crippen molar-refractivity contribution in [2.45, 2.75) is 19.3 Å². The lowest BCUT2D eigenvalue weighted by molar-refractivity contribution is -0.132. The minimum atomic E-state index is 0.164. The number of carbonyl (C=O) groups is 1. The van der Waals surface area contributed by atoms with Crippen molar-refractivity contribution in [1.82, 2.24) is 4.90 Å². The van der Waals surface area contributed by atoms with Gasteiger partial charge in [0.2, 0.25) is 5.91 Å². The highest BCUT2D eigenvalue weighted by molar-refractivity contribution is 5.78. The van der Waals surface area contributed by atoms with Crippen LogP contribution in [-0.2, 0) is 4.79 Å². The van der Waals surface area contributed by atoms with Crippen molar-refractivity contribution in [3.63, 3.8) is 0 Å². The van der Waals surface area contributed by atoms with Gasteiger partial charge in [-0.25, -0.2) is 0 Å². The van der Waals surface area contributed by atoms with Crippen LogP contribution in [0.25, 0.3) is 0 Å². The third kappa shape index (κ3) is 1.97. The van der Waals surface area contributed by atoms with Crippen molar-refractivity contribution >= 4 is 5.91 Å². The highest BCUT2D eigenvalue weighted by Crippen LogP contribution is 2.31. The van der Waals surface area contributed by atoms with Gasteiger partial charge in [0.15, 0.2) is 0 Å². The van der Waals surface area contributed by atoms with E-state index in [1.54, 1.807) is 19.0 Å². The fourth-order valence-electron chi connectivity index (χ4n) is 1.83. The number of aliphatic hydroxyl groups is 1. The van der Waals surface area contributed by atoms with Gasteiger partial charge < -0.3 is 10.0 Å². The number of nitrogens with zero attached hydrogens (tertiary/aromatic N) is 1. The maximum absolute atomic E-state index is 11.5. The Morgan fingerprint density at radius 1 is 1.50 bits per heavy atom. The summed E-state index contributed by atoms with van der Waals surface area (Å²) in [5.74, 6) is 0.738. The maximum atomic E-state index is 11.5. The Morgan fingerprint density at radius 2 is 2.17 bits per heavy atom. The van der Waals surface area contributed by atoms with Crippen molar-refractivity contribution in [2.24, 2.45) is 11.8 Å². The van der Waals surface area contributed by atoms with Crippen molar-refractivity contribution < 1.29 is 9.90 Å². The average Bonchev–Trinajstić information content (AvgIpc) is 2.50. The number of aliphatic hydroxyl groups excluding tert-OH is 1.